The van der Waals surface area contributed by atoms with Crippen molar-refractivity contribution in [2.45, 2.75) is 13.5 Å². The smallest absolute Gasteiger partial charge is 0.129 e. The topological polar surface area (TPSA) is 78.9 Å². The summed E-state index contributed by atoms with van der Waals surface area (Å²) in [4.78, 5) is 11.8. The predicted octanol–water partition coefficient (Wildman–Crippen LogP) is 1.77. The Hall–Kier alpha value is -1.95. The van der Waals surface area contributed by atoms with E-state index in [1.165, 1.54) is 4.88 Å². The van der Waals surface area contributed by atoms with Gasteiger partial charge in [0.2, 0.25) is 0 Å². The zero-order valence-electron chi connectivity index (χ0n) is 10.3. The van der Waals surface area contributed by atoms with Crippen LogP contribution in [0.5, 0.6) is 0 Å². The SMILES string of the molecule is Cc1ncsc1CN(C)c1cc(C(=N)N)ccn1. The first kappa shape index (κ1) is 12.5. The van der Waals surface area contributed by atoms with Gasteiger partial charge in [-0.05, 0) is 19.1 Å². The number of aromatic nitrogens is 2. The van der Waals surface area contributed by atoms with Crippen LogP contribution in [-0.2, 0) is 6.54 Å². The van der Waals surface area contributed by atoms with E-state index < -0.39 is 0 Å². The maximum atomic E-state index is 7.43. The quantitative estimate of drug-likeness (QED) is 0.649. The van der Waals surface area contributed by atoms with E-state index in [1.807, 2.05) is 30.4 Å². The Morgan fingerprint density at radius 2 is 2.28 bits per heavy atom. The van der Waals surface area contributed by atoms with Gasteiger partial charge in [-0.25, -0.2) is 9.97 Å². The summed E-state index contributed by atoms with van der Waals surface area (Å²) in [6.45, 7) is 2.75. The van der Waals surface area contributed by atoms with Gasteiger partial charge >= 0.3 is 0 Å². The highest BCUT2D eigenvalue weighted by atomic mass is 32.1. The minimum absolute atomic E-state index is 0.0565. The van der Waals surface area contributed by atoms with Gasteiger partial charge in [0.25, 0.3) is 0 Å². The van der Waals surface area contributed by atoms with E-state index in [9.17, 15) is 0 Å². The summed E-state index contributed by atoms with van der Waals surface area (Å²) in [6, 6.07) is 3.55. The molecule has 5 nitrogen and oxygen atoms in total. The molecule has 0 aliphatic carbocycles. The van der Waals surface area contributed by atoms with Crippen LogP contribution in [0, 0.1) is 12.3 Å². The van der Waals surface area contributed by atoms with Crippen molar-refractivity contribution in [3.05, 3.63) is 40.0 Å². The monoisotopic (exact) mass is 261 g/mol. The lowest BCUT2D eigenvalue weighted by Gasteiger charge is -2.18. The molecular formula is C12H15N5S. The van der Waals surface area contributed by atoms with Gasteiger partial charge in [0.15, 0.2) is 0 Å². The van der Waals surface area contributed by atoms with Crippen molar-refractivity contribution >= 4 is 23.0 Å². The van der Waals surface area contributed by atoms with Crippen LogP contribution in [0.4, 0.5) is 5.82 Å². The van der Waals surface area contributed by atoms with Gasteiger partial charge in [0.05, 0.1) is 17.7 Å². The van der Waals surface area contributed by atoms with Crippen molar-refractivity contribution in [2.75, 3.05) is 11.9 Å². The third-order valence-corrected chi connectivity index (χ3v) is 3.59. The number of nitrogens with one attached hydrogen (secondary N) is 1. The normalized spacial score (nSPS) is 10.3. The van der Waals surface area contributed by atoms with Gasteiger partial charge in [-0.1, -0.05) is 0 Å². The summed E-state index contributed by atoms with van der Waals surface area (Å²) in [6.07, 6.45) is 1.67. The summed E-state index contributed by atoms with van der Waals surface area (Å²) in [5.74, 6) is 0.858. The summed E-state index contributed by atoms with van der Waals surface area (Å²) in [7, 11) is 1.96. The van der Waals surface area contributed by atoms with Gasteiger partial charge < -0.3 is 10.6 Å². The molecule has 6 heteroatoms. The van der Waals surface area contributed by atoms with E-state index in [4.69, 9.17) is 11.1 Å². The standard InChI is InChI=1S/C12H15N5S/c1-8-10(18-7-16-8)6-17(2)11-5-9(12(13)14)3-4-15-11/h3-5,7H,6H2,1-2H3,(H3,13,14). The molecule has 0 fully saturated rings. The molecular weight excluding hydrogens is 246 g/mol. The van der Waals surface area contributed by atoms with E-state index in [0.717, 1.165) is 18.1 Å². The highest BCUT2D eigenvalue weighted by molar-refractivity contribution is 7.09. The van der Waals surface area contributed by atoms with Gasteiger partial charge in [-0.2, -0.15) is 0 Å². The molecule has 0 aliphatic heterocycles. The van der Waals surface area contributed by atoms with Crippen LogP contribution in [0.25, 0.3) is 0 Å². The second kappa shape index (κ2) is 5.14. The lowest BCUT2D eigenvalue weighted by atomic mass is 10.2. The van der Waals surface area contributed by atoms with E-state index in [0.29, 0.717) is 5.56 Å². The minimum atomic E-state index is 0.0565. The number of amidine groups is 1. The predicted molar refractivity (Wildman–Crippen MR) is 74.2 cm³/mol. The number of pyridine rings is 1. The van der Waals surface area contributed by atoms with Crippen LogP contribution in [0.3, 0.4) is 0 Å². The first-order valence-corrected chi connectivity index (χ1v) is 6.36. The van der Waals surface area contributed by atoms with E-state index >= 15 is 0 Å². The number of thiazole rings is 1. The first-order valence-electron chi connectivity index (χ1n) is 5.48. The lowest BCUT2D eigenvalue weighted by molar-refractivity contribution is 0.901. The highest BCUT2D eigenvalue weighted by Gasteiger charge is 2.08. The molecule has 0 bridgehead atoms. The molecule has 18 heavy (non-hydrogen) atoms. The van der Waals surface area contributed by atoms with Gasteiger partial charge in [0.1, 0.15) is 11.7 Å². The Labute approximate surface area is 110 Å². The molecule has 0 aliphatic rings. The van der Waals surface area contributed by atoms with Gasteiger partial charge in [0, 0.05) is 23.7 Å². The molecule has 0 aromatic carbocycles. The first-order chi connectivity index (χ1) is 8.58. The molecule has 0 saturated heterocycles. The third kappa shape index (κ3) is 2.65. The van der Waals surface area contributed by atoms with Crippen LogP contribution < -0.4 is 10.6 Å². The summed E-state index contributed by atoms with van der Waals surface area (Å²) in [5.41, 5.74) is 9.06. The number of nitrogens with zero attached hydrogens (tertiary/aromatic N) is 3. The van der Waals surface area contributed by atoms with E-state index in [1.54, 1.807) is 23.6 Å². The summed E-state index contributed by atoms with van der Waals surface area (Å²) < 4.78 is 0. The van der Waals surface area contributed by atoms with Crippen LogP contribution in [0.15, 0.2) is 23.8 Å². The van der Waals surface area contributed by atoms with E-state index in [2.05, 4.69) is 9.97 Å². The minimum Gasteiger partial charge on any atom is -0.384 e. The van der Waals surface area contributed by atoms with Crippen LogP contribution in [0.2, 0.25) is 0 Å². The van der Waals surface area contributed by atoms with Crippen LogP contribution in [-0.4, -0.2) is 22.9 Å². The Morgan fingerprint density at radius 1 is 1.50 bits per heavy atom. The second-order valence-electron chi connectivity index (χ2n) is 4.03. The highest BCUT2D eigenvalue weighted by Crippen LogP contribution is 2.18. The zero-order valence-corrected chi connectivity index (χ0v) is 11.2. The van der Waals surface area contributed by atoms with Crippen molar-refractivity contribution in [1.29, 1.82) is 5.41 Å². The number of hydrogen-bond acceptors (Lipinski definition) is 5. The lowest BCUT2D eigenvalue weighted by Crippen LogP contribution is -2.19. The number of nitrogen functional groups attached to an aromatic ring is 1. The second-order valence-corrected chi connectivity index (χ2v) is 4.97. The van der Waals surface area contributed by atoms with Crippen LogP contribution >= 0.6 is 11.3 Å². The van der Waals surface area contributed by atoms with E-state index in [-0.39, 0.29) is 5.84 Å². The van der Waals surface area contributed by atoms with Crippen LogP contribution in [0.1, 0.15) is 16.1 Å². The van der Waals surface area contributed by atoms with Gasteiger partial charge in [-0.3, -0.25) is 5.41 Å². The summed E-state index contributed by atoms with van der Waals surface area (Å²) in [5, 5.41) is 7.43. The van der Waals surface area contributed by atoms with Crippen molar-refractivity contribution in [3.8, 4) is 0 Å². The third-order valence-electron chi connectivity index (χ3n) is 2.67. The maximum absolute atomic E-state index is 7.43. The fraction of sp³-hybridized carbons (Fsp3) is 0.250. The zero-order chi connectivity index (χ0) is 13.1. The number of nitrogens with two attached hydrogens (primary N) is 1. The fourth-order valence-electron chi connectivity index (χ4n) is 1.57. The van der Waals surface area contributed by atoms with Crippen molar-refractivity contribution in [1.82, 2.24) is 9.97 Å². The Balaban J connectivity index is 2.18. The molecule has 0 saturated carbocycles. The average molecular weight is 261 g/mol. The number of aryl methyl sites for hydroxylation is 1. The van der Waals surface area contributed by atoms with Crippen molar-refractivity contribution in [2.24, 2.45) is 5.73 Å². The van der Waals surface area contributed by atoms with Gasteiger partial charge in [-0.15, -0.1) is 11.3 Å². The number of rotatable bonds is 4. The molecule has 0 unspecified atom stereocenters. The number of anilines is 1. The molecule has 2 aromatic rings. The molecule has 2 heterocycles. The summed E-state index contributed by atoms with van der Waals surface area (Å²) >= 11 is 1.64. The molecule has 2 aromatic heterocycles. The number of hydrogen-bond donors (Lipinski definition) is 2. The molecule has 0 atom stereocenters. The maximum Gasteiger partial charge on any atom is 0.129 e. The van der Waals surface area contributed by atoms with Crippen molar-refractivity contribution < 1.29 is 0 Å². The molecule has 94 valence electrons. The molecule has 2 rings (SSSR count). The fourth-order valence-corrected chi connectivity index (χ4v) is 2.40. The largest absolute Gasteiger partial charge is 0.384 e. The Morgan fingerprint density at radius 3 is 2.89 bits per heavy atom. The average Bonchev–Trinajstić information content (AvgIpc) is 2.75. The Kier molecular flexibility index (Phi) is 3.57. The molecule has 0 amide bonds. The molecule has 0 radical (unpaired) electrons. The van der Waals surface area contributed by atoms with Crippen molar-refractivity contribution in [3.63, 3.8) is 0 Å². The Bertz CT molecular complexity index is 563. The molecule has 0 spiro atoms. The molecule has 3 N–H and O–H groups in total.